The van der Waals surface area contributed by atoms with Crippen LogP contribution in [0.4, 0.5) is 4.39 Å². The molecule has 19 heavy (non-hydrogen) atoms. The summed E-state index contributed by atoms with van der Waals surface area (Å²) >= 11 is 11.4. The van der Waals surface area contributed by atoms with Crippen LogP contribution in [0.25, 0.3) is 0 Å². The number of amides is 1. The highest BCUT2D eigenvalue weighted by atomic mass is 35.5. The second-order valence-electron chi connectivity index (χ2n) is 4.42. The molecule has 0 bridgehead atoms. The number of alkyl halides is 1. The van der Waals surface area contributed by atoms with Crippen molar-refractivity contribution in [3.8, 4) is 0 Å². The van der Waals surface area contributed by atoms with Crippen LogP contribution in [0.5, 0.6) is 0 Å². The Kier molecular flexibility index (Phi) is 5.02. The Balaban J connectivity index is 2.03. The van der Waals surface area contributed by atoms with E-state index in [1.54, 1.807) is 11.0 Å². The highest BCUT2D eigenvalue weighted by Crippen LogP contribution is 2.19. The lowest BCUT2D eigenvalue weighted by Crippen LogP contribution is -2.49. The zero-order valence-corrected chi connectivity index (χ0v) is 11.9. The van der Waals surface area contributed by atoms with E-state index in [1.165, 1.54) is 12.1 Å². The third-order valence-corrected chi connectivity index (χ3v) is 3.70. The van der Waals surface area contributed by atoms with Crippen LogP contribution in [0.2, 0.25) is 5.02 Å². The molecule has 0 aromatic heterocycles. The van der Waals surface area contributed by atoms with Crippen LogP contribution >= 0.6 is 23.2 Å². The van der Waals surface area contributed by atoms with Gasteiger partial charge in [0.25, 0.3) is 5.91 Å². The molecule has 0 spiro atoms. The minimum Gasteiger partial charge on any atom is -0.336 e. The Morgan fingerprint density at radius 3 is 2.58 bits per heavy atom. The van der Waals surface area contributed by atoms with Gasteiger partial charge >= 0.3 is 0 Å². The standard InChI is InChI=1S/C13H15Cl2FN2O/c14-4-5-17-6-8-18(9-7-17)13(19)10-2-1-3-11(15)12(10)16/h1-3H,4-9H2. The quantitative estimate of drug-likeness (QED) is 0.801. The van der Waals surface area contributed by atoms with Crippen molar-refractivity contribution in [2.24, 2.45) is 0 Å². The average molecular weight is 305 g/mol. The van der Waals surface area contributed by atoms with Gasteiger partial charge in [-0.3, -0.25) is 9.69 Å². The molecule has 1 fully saturated rings. The van der Waals surface area contributed by atoms with Gasteiger partial charge in [-0.2, -0.15) is 0 Å². The second kappa shape index (κ2) is 6.55. The van der Waals surface area contributed by atoms with Crippen molar-refractivity contribution in [2.75, 3.05) is 38.6 Å². The third-order valence-electron chi connectivity index (χ3n) is 3.24. The summed E-state index contributed by atoms with van der Waals surface area (Å²) in [4.78, 5) is 16.1. The number of nitrogens with zero attached hydrogens (tertiary/aromatic N) is 2. The molecule has 104 valence electrons. The van der Waals surface area contributed by atoms with Crippen molar-refractivity contribution in [1.82, 2.24) is 9.80 Å². The van der Waals surface area contributed by atoms with Crippen molar-refractivity contribution >= 4 is 29.1 Å². The lowest BCUT2D eigenvalue weighted by molar-refractivity contribution is 0.0640. The van der Waals surface area contributed by atoms with Crippen LogP contribution in [0.1, 0.15) is 10.4 Å². The van der Waals surface area contributed by atoms with Gasteiger partial charge in [0.05, 0.1) is 10.6 Å². The first kappa shape index (κ1) is 14.6. The molecule has 0 saturated carbocycles. The highest BCUT2D eigenvalue weighted by molar-refractivity contribution is 6.31. The van der Waals surface area contributed by atoms with E-state index < -0.39 is 5.82 Å². The van der Waals surface area contributed by atoms with E-state index >= 15 is 0 Å². The van der Waals surface area contributed by atoms with Crippen LogP contribution in [0, 0.1) is 5.82 Å². The van der Waals surface area contributed by atoms with Gasteiger partial charge in [0.2, 0.25) is 0 Å². The minimum absolute atomic E-state index is 0.0216. The summed E-state index contributed by atoms with van der Waals surface area (Å²) in [6.45, 7) is 3.51. The maximum Gasteiger partial charge on any atom is 0.256 e. The van der Waals surface area contributed by atoms with E-state index in [4.69, 9.17) is 23.2 Å². The van der Waals surface area contributed by atoms with E-state index in [-0.39, 0.29) is 16.5 Å². The molecule has 0 aliphatic carbocycles. The molecule has 1 aromatic rings. The van der Waals surface area contributed by atoms with Crippen LogP contribution in [-0.4, -0.2) is 54.3 Å². The number of carbonyl (C=O) groups excluding carboxylic acids is 1. The molecule has 3 nitrogen and oxygen atoms in total. The number of piperazine rings is 1. The average Bonchev–Trinajstić information content (AvgIpc) is 2.42. The molecule has 1 saturated heterocycles. The molecule has 2 rings (SSSR count). The Morgan fingerprint density at radius 1 is 1.26 bits per heavy atom. The second-order valence-corrected chi connectivity index (χ2v) is 5.21. The molecule has 0 unspecified atom stereocenters. The number of hydrogen-bond acceptors (Lipinski definition) is 2. The van der Waals surface area contributed by atoms with Gasteiger partial charge in [0.15, 0.2) is 5.82 Å². The summed E-state index contributed by atoms with van der Waals surface area (Å²) in [6, 6.07) is 4.49. The molecule has 0 N–H and O–H groups in total. The topological polar surface area (TPSA) is 23.6 Å². The molecule has 0 radical (unpaired) electrons. The maximum atomic E-state index is 13.8. The zero-order valence-electron chi connectivity index (χ0n) is 10.4. The molecular weight excluding hydrogens is 290 g/mol. The third kappa shape index (κ3) is 3.38. The minimum atomic E-state index is -0.641. The molecule has 1 aromatic carbocycles. The number of rotatable bonds is 3. The first-order valence-corrected chi connectivity index (χ1v) is 7.06. The van der Waals surface area contributed by atoms with Crippen molar-refractivity contribution in [3.05, 3.63) is 34.6 Å². The molecule has 1 amide bonds. The number of hydrogen-bond donors (Lipinski definition) is 0. The van der Waals surface area contributed by atoms with Gasteiger partial charge in [0.1, 0.15) is 0 Å². The fourth-order valence-electron chi connectivity index (χ4n) is 2.13. The van der Waals surface area contributed by atoms with Gasteiger partial charge in [-0.1, -0.05) is 17.7 Å². The number of benzene rings is 1. The summed E-state index contributed by atoms with van der Waals surface area (Å²) < 4.78 is 13.8. The van der Waals surface area contributed by atoms with Crippen LogP contribution in [0.15, 0.2) is 18.2 Å². The first-order valence-electron chi connectivity index (χ1n) is 6.15. The van der Waals surface area contributed by atoms with Gasteiger partial charge in [-0.25, -0.2) is 4.39 Å². The molecule has 1 aliphatic heterocycles. The van der Waals surface area contributed by atoms with E-state index in [9.17, 15) is 9.18 Å². The van der Waals surface area contributed by atoms with Crippen LogP contribution in [-0.2, 0) is 0 Å². The van der Waals surface area contributed by atoms with Gasteiger partial charge in [-0.05, 0) is 12.1 Å². The normalized spacial score (nSPS) is 16.7. The Labute approximate surface area is 121 Å². The van der Waals surface area contributed by atoms with Crippen molar-refractivity contribution < 1.29 is 9.18 Å². The maximum absolute atomic E-state index is 13.8. The summed E-state index contributed by atoms with van der Waals surface area (Å²) in [7, 11) is 0. The van der Waals surface area contributed by atoms with Crippen LogP contribution in [0.3, 0.4) is 0 Å². The van der Waals surface area contributed by atoms with E-state index in [1.807, 2.05) is 0 Å². The predicted molar refractivity (Wildman–Crippen MR) is 74.5 cm³/mol. The lowest BCUT2D eigenvalue weighted by atomic mass is 10.1. The lowest BCUT2D eigenvalue weighted by Gasteiger charge is -2.34. The molecule has 1 heterocycles. The fraction of sp³-hybridized carbons (Fsp3) is 0.462. The number of halogens is 3. The fourth-order valence-corrected chi connectivity index (χ4v) is 2.55. The largest absolute Gasteiger partial charge is 0.336 e. The van der Waals surface area contributed by atoms with Crippen molar-refractivity contribution in [2.45, 2.75) is 0 Å². The van der Waals surface area contributed by atoms with Crippen molar-refractivity contribution in [1.29, 1.82) is 0 Å². The predicted octanol–water partition coefficient (Wildman–Crippen LogP) is 2.48. The summed E-state index contributed by atoms with van der Waals surface area (Å²) in [6.07, 6.45) is 0. The van der Waals surface area contributed by atoms with Gasteiger partial charge < -0.3 is 4.90 Å². The number of carbonyl (C=O) groups is 1. The molecule has 1 aliphatic rings. The van der Waals surface area contributed by atoms with Gasteiger partial charge in [0, 0.05) is 38.6 Å². The summed E-state index contributed by atoms with van der Waals surface area (Å²) in [5.74, 6) is -0.362. The Hall–Kier alpha value is -0.840. The monoisotopic (exact) mass is 304 g/mol. The van der Waals surface area contributed by atoms with Gasteiger partial charge in [-0.15, -0.1) is 11.6 Å². The molecule has 0 atom stereocenters. The SMILES string of the molecule is O=C(c1cccc(Cl)c1F)N1CCN(CCCl)CC1. The van der Waals surface area contributed by atoms with E-state index in [2.05, 4.69) is 4.90 Å². The van der Waals surface area contributed by atoms with Crippen molar-refractivity contribution in [3.63, 3.8) is 0 Å². The first-order chi connectivity index (χ1) is 9.13. The zero-order chi connectivity index (χ0) is 13.8. The Morgan fingerprint density at radius 2 is 1.95 bits per heavy atom. The van der Waals surface area contributed by atoms with Crippen LogP contribution < -0.4 is 0 Å². The van der Waals surface area contributed by atoms with E-state index in [0.717, 1.165) is 19.6 Å². The summed E-state index contributed by atoms with van der Waals surface area (Å²) in [5, 5.41) is -0.0216. The smallest absolute Gasteiger partial charge is 0.256 e. The molecular formula is C13H15Cl2FN2O. The van der Waals surface area contributed by atoms with E-state index in [0.29, 0.717) is 19.0 Å². The molecule has 6 heteroatoms. The Bertz CT molecular complexity index is 462. The summed E-state index contributed by atoms with van der Waals surface area (Å²) in [5.41, 5.74) is 0.0401. The highest BCUT2D eigenvalue weighted by Gasteiger charge is 2.24.